The lowest BCUT2D eigenvalue weighted by atomic mass is 9.94. The summed E-state index contributed by atoms with van der Waals surface area (Å²) < 4.78 is 0. The maximum atomic E-state index is 12.2. The normalized spacial score (nSPS) is 17.6. The molecule has 0 saturated heterocycles. The number of rotatable bonds is 8. The number of benzene rings is 4. The van der Waals surface area contributed by atoms with Crippen molar-refractivity contribution in [3.8, 4) is 44.5 Å². The Morgan fingerprint density at radius 2 is 0.500 bits per heavy atom. The van der Waals surface area contributed by atoms with E-state index < -0.39 is 24.4 Å². The molecule has 0 radical (unpaired) electrons. The molecular weight excluding hydrogens is 793 g/mol. The van der Waals surface area contributed by atoms with E-state index in [4.69, 9.17) is 9.97 Å². The first-order valence-corrected chi connectivity index (χ1v) is 22.6. The summed E-state index contributed by atoms with van der Waals surface area (Å²) in [6.45, 7) is 17.2. The Kier molecular flexibility index (Phi) is 11.5. The van der Waals surface area contributed by atoms with Crippen molar-refractivity contribution in [2.75, 3.05) is 0 Å². The van der Waals surface area contributed by atoms with Crippen molar-refractivity contribution in [2.24, 2.45) is 0 Å². The summed E-state index contributed by atoms with van der Waals surface area (Å²) in [6.07, 6.45) is -5.45. The Labute approximate surface area is 375 Å². The van der Waals surface area contributed by atoms with Crippen molar-refractivity contribution >= 4 is 22.1 Å². The molecule has 0 spiro atoms. The highest BCUT2D eigenvalue weighted by Gasteiger charge is 2.37. The number of aromatic nitrogens is 4. The molecule has 2 aliphatic rings. The number of aliphatic hydroxyl groups is 4. The van der Waals surface area contributed by atoms with Gasteiger partial charge in [-0.1, -0.05) is 152 Å². The van der Waals surface area contributed by atoms with E-state index in [1.54, 1.807) is 0 Å². The van der Waals surface area contributed by atoms with Crippen molar-refractivity contribution in [2.45, 2.75) is 103 Å². The summed E-state index contributed by atoms with van der Waals surface area (Å²) in [5.74, 6) is 1.23. The zero-order chi connectivity index (χ0) is 45.1. The highest BCUT2D eigenvalue weighted by Crippen LogP contribution is 2.47. The number of fused-ring (bicyclic) bond motifs is 8. The van der Waals surface area contributed by atoms with E-state index >= 15 is 0 Å². The van der Waals surface area contributed by atoms with Crippen LogP contribution in [-0.4, -0.2) is 40.4 Å². The number of nitrogens with one attached hydrogen (secondary N) is 2. The van der Waals surface area contributed by atoms with E-state index in [1.165, 1.54) is 22.3 Å². The first kappa shape index (κ1) is 43.1. The van der Waals surface area contributed by atoms with Gasteiger partial charge in [0, 0.05) is 44.3 Å². The summed E-state index contributed by atoms with van der Waals surface area (Å²) >= 11 is 0. The molecule has 8 bridgehead atoms. The van der Waals surface area contributed by atoms with Gasteiger partial charge in [-0.05, 0) is 92.4 Å². The lowest BCUT2D eigenvalue weighted by molar-refractivity contribution is 0.0259. The smallest absolute Gasteiger partial charge is 0.128 e. The SMILES string of the molecule is CC(C)c1ccc(-c2c3nc(c(-c4ccc(C(C)C)cc4)c4ccc([nH]4)c(-c4ccc(C(C)C)cc4)c4nc(c(-c5ccc(C(C)C)cc5)c5ccc2[nH]5)[C@@H](O)[C@H]4O)[C@H](O)[C@@H]3O)cc1. The van der Waals surface area contributed by atoms with E-state index in [9.17, 15) is 20.4 Å². The van der Waals surface area contributed by atoms with Crippen LogP contribution in [0.3, 0.4) is 0 Å². The van der Waals surface area contributed by atoms with Gasteiger partial charge >= 0.3 is 0 Å². The Morgan fingerprint density at radius 3 is 0.672 bits per heavy atom. The van der Waals surface area contributed by atoms with Gasteiger partial charge in [0.25, 0.3) is 0 Å². The lowest BCUT2D eigenvalue weighted by Gasteiger charge is -2.15. The molecule has 0 amide bonds. The Hall–Kier alpha value is -6.16. The Bertz CT molecular complexity index is 2590. The van der Waals surface area contributed by atoms with Gasteiger partial charge < -0.3 is 30.4 Å². The second-order valence-electron chi connectivity index (χ2n) is 18.7. The van der Waals surface area contributed by atoms with Gasteiger partial charge in [0.1, 0.15) is 24.4 Å². The van der Waals surface area contributed by atoms with Crippen LogP contribution in [0.2, 0.25) is 0 Å². The third kappa shape index (κ3) is 7.68. The molecule has 0 aliphatic carbocycles. The minimum absolute atomic E-state index is 0.307. The van der Waals surface area contributed by atoms with Crippen molar-refractivity contribution in [1.29, 1.82) is 0 Å². The third-order valence-electron chi connectivity index (χ3n) is 13.1. The zero-order valence-electron chi connectivity index (χ0n) is 37.8. The molecule has 0 saturated carbocycles. The van der Waals surface area contributed by atoms with E-state index in [0.717, 1.165) is 22.3 Å². The Balaban J connectivity index is 1.48. The van der Waals surface area contributed by atoms with Crippen molar-refractivity contribution in [3.05, 3.63) is 166 Å². The molecule has 6 N–H and O–H groups in total. The molecule has 0 unspecified atom stereocenters. The molecule has 2 aliphatic heterocycles. The highest BCUT2D eigenvalue weighted by molar-refractivity contribution is 5.92. The molecule has 8 heteroatoms. The predicted octanol–water partition coefficient (Wildman–Crippen LogP) is 13.0. The maximum absolute atomic E-state index is 12.2. The minimum Gasteiger partial charge on any atom is -0.384 e. The van der Waals surface area contributed by atoms with Crippen LogP contribution in [0, 0.1) is 0 Å². The highest BCUT2D eigenvalue weighted by atomic mass is 16.3. The molecule has 0 fully saturated rings. The largest absolute Gasteiger partial charge is 0.384 e. The van der Waals surface area contributed by atoms with Crippen LogP contribution in [-0.2, 0) is 0 Å². The number of aromatic amines is 2. The first-order valence-electron chi connectivity index (χ1n) is 22.6. The summed E-state index contributed by atoms with van der Waals surface area (Å²) in [6, 6.07) is 40.8. The molecule has 64 heavy (non-hydrogen) atoms. The predicted molar refractivity (Wildman–Crippen MR) is 259 cm³/mol. The van der Waals surface area contributed by atoms with Crippen LogP contribution in [0.1, 0.15) is 149 Å². The molecule has 9 rings (SSSR count). The average Bonchev–Trinajstić information content (AvgIpc) is 4.08. The molecule has 5 heterocycles. The molecule has 7 aromatic rings. The molecule has 8 nitrogen and oxygen atoms in total. The summed E-state index contributed by atoms with van der Waals surface area (Å²) in [5.41, 5.74) is 14.4. The van der Waals surface area contributed by atoms with E-state index in [-0.39, 0.29) is 0 Å². The van der Waals surface area contributed by atoms with Crippen LogP contribution in [0.15, 0.2) is 121 Å². The van der Waals surface area contributed by atoms with Crippen LogP contribution in [0.25, 0.3) is 66.6 Å². The fourth-order valence-corrected chi connectivity index (χ4v) is 9.22. The quantitative estimate of drug-likeness (QED) is 0.0900. The van der Waals surface area contributed by atoms with Gasteiger partial charge in [-0.25, -0.2) is 0 Å². The van der Waals surface area contributed by atoms with Crippen LogP contribution in [0.4, 0.5) is 0 Å². The number of aliphatic hydroxyl groups excluding tert-OH is 4. The molecule has 4 aromatic carbocycles. The first-order chi connectivity index (χ1) is 30.7. The van der Waals surface area contributed by atoms with Gasteiger partial charge in [0.2, 0.25) is 0 Å². The maximum Gasteiger partial charge on any atom is 0.128 e. The minimum atomic E-state index is -1.36. The second kappa shape index (κ2) is 17.1. The summed E-state index contributed by atoms with van der Waals surface area (Å²) in [4.78, 5) is 17.8. The summed E-state index contributed by atoms with van der Waals surface area (Å²) in [5, 5.41) is 49.0. The van der Waals surface area contributed by atoms with Crippen LogP contribution < -0.4 is 0 Å². The fraction of sp³-hybridized carbons (Fsp3) is 0.286. The van der Waals surface area contributed by atoms with Crippen LogP contribution in [0.5, 0.6) is 0 Å². The molecule has 3 aromatic heterocycles. The van der Waals surface area contributed by atoms with Crippen molar-refractivity contribution < 1.29 is 20.4 Å². The Morgan fingerprint density at radius 1 is 0.312 bits per heavy atom. The fourth-order valence-electron chi connectivity index (χ4n) is 9.22. The van der Waals surface area contributed by atoms with Gasteiger partial charge in [-0.2, -0.15) is 0 Å². The third-order valence-corrected chi connectivity index (χ3v) is 13.1. The molecule has 326 valence electrons. The average molecular weight is 851 g/mol. The van der Waals surface area contributed by atoms with E-state index in [1.807, 2.05) is 72.8 Å². The lowest BCUT2D eigenvalue weighted by Crippen LogP contribution is -2.06. The van der Waals surface area contributed by atoms with Crippen molar-refractivity contribution in [3.63, 3.8) is 0 Å². The van der Waals surface area contributed by atoms with Crippen LogP contribution >= 0.6 is 0 Å². The molecule has 4 atom stereocenters. The standard InChI is InChI=1S/C56H58N4O4/c1-29(2)33-9-17-37(18-10-33)45-41-25-26-42(57-41)46(38-19-11-34(12-20-38)30(3)4)51-55(63)56(64)52(60-51)48(40-23-15-36(16-24-40)32(7)8)44-28-27-43(58-44)47(50-54(62)53(61)49(45)59-50)39-21-13-35(14-22-39)31(5)6/h9-32,53-58,61-64H,1-8H3/t53-,54+,55-,56+. The molecular formula is C56H58N4O4. The number of hydrogen-bond donors (Lipinski definition) is 6. The number of nitrogens with zero attached hydrogens (tertiary/aromatic N) is 2. The number of hydrogen-bond acceptors (Lipinski definition) is 6. The summed E-state index contributed by atoms with van der Waals surface area (Å²) in [7, 11) is 0. The van der Waals surface area contributed by atoms with Gasteiger partial charge in [-0.15, -0.1) is 0 Å². The second-order valence-corrected chi connectivity index (χ2v) is 18.7. The van der Waals surface area contributed by atoms with Gasteiger partial charge in [0.15, 0.2) is 0 Å². The zero-order valence-corrected chi connectivity index (χ0v) is 37.8. The number of H-pyrrole nitrogens is 2. The van der Waals surface area contributed by atoms with Gasteiger partial charge in [-0.3, -0.25) is 9.97 Å². The van der Waals surface area contributed by atoms with Crippen molar-refractivity contribution in [1.82, 2.24) is 19.9 Å². The van der Waals surface area contributed by atoms with Gasteiger partial charge in [0.05, 0.1) is 22.8 Å². The van der Waals surface area contributed by atoms with E-state index in [2.05, 4.69) is 114 Å². The topological polar surface area (TPSA) is 138 Å². The monoisotopic (exact) mass is 850 g/mol. The van der Waals surface area contributed by atoms with E-state index in [0.29, 0.717) is 90.8 Å².